The molecule has 3 rings (SSSR count). The summed E-state index contributed by atoms with van der Waals surface area (Å²) < 4.78 is 2.05. The lowest BCUT2D eigenvalue weighted by Crippen LogP contribution is -2.10. The van der Waals surface area contributed by atoms with Gasteiger partial charge in [-0.25, -0.2) is 4.68 Å². The van der Waals surface area contributed by atoms with Crippen molar-refractivity contribution in [1.82, 2.24) is 9.78 Å². The lowest BCUT2D eigenvalue weighted by molar-refractivity contribution is 0.471. The van der Waals surface area contributed by atoms with Gasteiger partial charge in [0, 0.05) is 5.56 Å². The fraction of sp³-hybridized carbons (Fsp3) is 0.400. The second-order valence-electron chi connectivity index (χ2n) is 5.09. The molecule has 0 unspecified atom stereocenters. The second kappa shape index (κ2) is 4.48. The van der Waals surface area contributed by atoms with Gasteiger partial charge in [0.25, 0.3) is 0 Å². The maximum absolute atomic E-state index is 6.32. The smallest absolute Gasteiger partial charge is 0.130 e. The number of rotatable bonds is 2. The van der Waals surface area contributed by atoms with E-state index in [0.29, 0.717) is 6.04 Å². The van der Waals surface area contributed by atoms with Crippen molar-refractivity contribution in [2.45, 2.75) is 38.6 Å². The lowest BCUT2D eigenvalue weighted by Gasteiger charge is -2.12. The highest BCUT2D eigenvalue weighted by atomic mass is 15.3. The van der Waals surface area contributed by atoms with Crippen LogP contribution in [0.1, 0.15) is 37.4 Å². The third kappa shape index (κ3) is 1.80. The van der Waals surface area contributed by atoms with Gasteiger partial charge in [-0.1, -0.05) is 43.2 Å². The van der Waals surface area contributed by atoms with Crippen molar-refractivity contribution in [3.63, 3.8) is 0 Å². The van der Waals surface area contributed by atoms with Gasteiger partial charge in [0.2, 0.25) is 0 Å². The summed E-state index contributed by atoms with van der Waals surface area (Å²) in [5.41, 5.74) is 9.61. The van der Waals surface area contributed by atoms with Crippen LogP contribution in [0.15, 0.2) is 30.3 Å². The van der Waals surface area contributed by atoms with E-state index in [4.69, 9.17) is 5.73 Å². The highest BCUT2D eigenvalue weighted by Gasteiger charge is 2.23. The first-order chi connectivity index (χ1) is 8.77. The summed E-state index contributed by atoms with van der Waals surface area (Å²) in [5, 5.41) is 4.66. The fourth-order valence-corrected chi connectivity index (χ4v) is 2.95. The van der Waals surface area contributed by atoms with Crippen molar-refractivity contribution < 1.29 is 0 Å². The van der Waals surface area contributed by atoms with Gasteiger partial charge >= 0.3 is 0 Å². The lowest BCUT2D eigenvalue weighted by atomic mass is 10.1. The highest BCUT2D eigenvalue weighted by molar-refractivity contribution is 5.76. The summed E-state index contributed by atoms with van der Waals surface area (Å²) in [7, 11) is 0. The Balaban J connectivity index is 2.06. The van der Waals surface area contributed by atoms with Crippen LogP contribution in [-0.4, -0.2) is 9.78 Å². The number of anilines is 1. The van der Waals surface area contributed by atoms with Gasteiger partial charge in [0.1, 0.15) is 5.82 Å². The zero-order valence-electron chi connectivity index (χ0n) is 10.8. The Morgan fingerprint density at radius 1 is 1.17 bits per heavy atom. The normalized spacial score (nSPS) is 16.3. The van der Waals surface area contributed by atoms with Crippen molar-refractivity contribution in [2.75, 3.05) is 5.73 Å². The predicted molar refractivity (Wildman–Crippen MR) is 74.3 cm³/mol. The number of nitrogens with zero attached hydrogens (tertiary/aromatic N) is 2. The Bertz CT molecular complexity index is 536. The van der Waals surface area contributed by atoms with Crippen LogP contribution in [0, 0.1) is 6.92 Å². The van der Waals surface area contributed by atoms with Crippen LogP contribution in [0.25, 0.3) is 11.1 Å². The van der Waals surface area contributed by atoms with Crippen LogP contribution < -0.4 is 5.73 Å². The van der Waals surface area contributed by atoms with Crippen molar-refractivity contribution >= 4 is 5.82 Å². The SMILES string of the molecule is Cc1nn(C2CCCC2)c(N)c1-c1ccccc1. The molecular formula is C15H19N3. The van der Waals surface area contributed by atoms with E-state index in [1.54, 1.807) is 0 Å². The first kappa shape index (κ1) is 11.3. The fourth-order valence-electron chi connectivity index (χ4n) is 2.95. The number of aromatic nitrogens is 2. The van der Waals surface area contributed by atoms with Crippen LogP contribution >= 0.6 is 0 Å². The molecule has 1 aromatic carbocycles. The predicted octanol–water partition coefficient (Wildman–Crippen LogP) is 3.56. The van der Waals surface area contributed by atoms with E-state index in [0.717, 1.165) is 22.6 Å². The monoisotopic (exact) mass is 241 g/mol. The Kier molecular flexibility index (Phi) is 2.82. The van der Waals surface area contributed by atoms with E-state index >= 15 is 0 Å². The minimum absolute atomic E-state index is 0.501. The molecule has 3 nitrogen and oxygen atoms in total. The zero-order chi connectivity index (χ0) is 12.5. The number of nitrogens with two attached hydrogens (primary N) is 1. The Labute approximate surface area is 108 Å². The van der Waals surface area contributed by atoms with Gasteiger partial charge in [-0.05, 0) is 25.3 Å². The number of aryl methyl sites for hydroxylation is 1. The minimum Gasteiger partial charge on any atom is -0.383 e. The average molecular weight is 241 g/mol. The molecule has 1 aliphatic rings. The Morgan fingerprint density at radius 2 is 1.83 bits per heavy atom. The summed E-state index contributed by atoms with van der Waals surface area (Å²) in [6, 6.07) is 10.8. The molecule has 0 radical (unpaired) electrons. The summed E-state index contributed by atoms with van der Waals surface area (Å²) in [6.45, 7) is 2.05. The first-order valence-electron chi connectivity index (χ1n) is 6.67. The van der Waals surface area contributed by atoms with Gasteiger partial charge in [-0.2, -0.15) is 5.10 Å². The van der Waals surface area contributed by atoms with Gasteiger partial charge in [-0.3, -0.25) is 0 Å². The highest BCUT2D eigenvalue weighted by Crippen LogP contribution is 2.36. The second-order valence-corrected chi connectivity index (χ2v) is 5.09. The van der Waals surface area contributed by atoms with Crippen LogP contribution in [0.3, 0.4) is 0 Å². The standard InChI is InChI=1S/C15H19N3/c1-11-14(12-7-3-2-4-8-12)15(16)18(17-11)13-9-5-6-10-13/h2-4,7-8,13H,5-6,9-10,16H2,1H3. The largest absolute Gasteiger partial charge is 0.383 e. The molecule has 0 spiro atoms. The first-order valence-corrected chi connectivity index (χ1v) is 6.67. The molecule has 2 aromatic rings. The molecule has 0 amide bonds. The summed E-state index contributed by atoms with van der Waals surface area (Å²) >= 11 is 0. The number of nitrogen functional groups attached to an aromatic ring is 1. The molecule has 1 saturated carbocycles. The maximum Gasteiger partial charge on any atom is 0.130 e. The topological polar surface area (TPSA) is 43.8 Å². The molecule has 3 heteroatoms. The van der Waals surface area contributed by atoms with Gasteiger partial charge in [-0.15, -0.1) is 0 Å². The molecule has 0 saturated heterocycles. The molecule has 18 heavy (non-hydrogen) atoms. The molecule has 0 bridgehead atoms. The molecular weight excluding hydrogens is 222 g/mol. The van der Waals surface area contributed by atoms with E-state index in [1.807, 2.05) is 29.8 Å². The van der Waals surface area contributed by atoms with Crippen LogP contribution in [0.4, 0.5) is 5.82 Å². The van der Waals surface area contributed by atoms with Crippen molar-refractivity contribution in [2.24, 2.45) is 0 Å². The van der Waals surface area contributed by atoms with Crippen LogP contribution in [0.5, 0.6) is 0 Å². The molecule has 0 aliphatic heterocycles. The Morgan fingerprint density at radius 3 is 2.50 bits per heavy atom. The van der Waals surface area contributed by atoms with Crippen LogP contribution in [0.2, 0.25) is 0 Å². The van der Waals surface area contributed by atoms with Crippen molar-refractivity contribution in [3.05, 3.63) is 36.0 Å². The Hall–Kier alpha value is -1.77. The molecule has 0 atom stereocenters. The van der Waals surface area contributed by atoms with E-state index in [9.17, 15) is 0 Å². The number of hydrogen-bond donors (Lipinski definition) is 1. The third-order valence-corrected chi connectivity index (χ3v) is 3.86. The van der Waals surface area contributed by atoms with Crippen LogP contribution in [-0.2, 0) is 0 Å². The number of hydrogen-bond acceptors (Lipinski definition) is 2. The molecule has 1 heterocycles. The van der Waals surface area contributed by atoms with Crippen molar-refractivity contribution in [1.29, 1.82) is 0 Å². The van der Waals surface area contributed by atoms with E-state index in [2.05, 4.69) is 17.2 Å². The summed E-state index contributed by atoms with van der Waals surface area (Å²) in [6.07, 6.45) is 5.01. The molecule has 1 fully saturated rings. The molecule has 1 aromatic heterocycles. The maximum atomic E-state index is 6.32. The van der Waals surface area contributed by atoms with E-state index in [-0.39, 0.29) is 0 Å². The molecule has 94 valence electrons. The van der Waals surface area contributed by atoms with Gasteiger partial charge < -0.3 is 5.73 Å². The van der Waals surface area contributed by atoms with Gasteiger partial charge in [0.05, 0.1) is 11.7 Å². The molecule has 1 aliphatic carbocycles. The quantitative estimate of drug-likeness (QED) is 0.873. The minimum atomic E-state index is 0.501. The number of benzene rings is 1. The summed E-state index contributed by atoms with van der Waals surface area (Å²) in [4.78, 5) is 0. The average Bonchev–Trinajstić information content (AvgIpc) is 2.99. The van der Waals surface area contributed by atoms with Crippen molar-refractivity contribution in [3.8, 4) is 11.1 Å². The van der Waals surface area contributed by atoms with E-state index < -0.39 is 0 Å². The van der Waals surface area contributed by atoms with Gasteiger partial charge in [0.15, 0.2) is 0 Å². The third-order valence-electron chi connectivity index (χ3n) is 3.86. The summed E-state index contributed by atoms with van der Waals surface area (Å²) in [5.74, 6) is 0.825. The molecule has 2 N–H and O–H groups in total. The zero-order valence-corrected chi connectivity index (χ0v) is 10.8. The van der Waals surface area contributed by atoms with E-state index in [1.165, 1.54) is 25.7 Å².